The van der Waals surface area contributed by atoms with Crippen molar-refractivity contribution in [3.8, 4) is 0 Å². The van der Waals surface area contributed by atoms with E-state index in [0.29, 0.717) is 17.8 Å². The molecule has 0 heterocycles. The zero-order chi connectivity index (χ0) is 13.0. The summed E-state index contributed by atoms with van der Waals surface area (Å²) in [5.41, 5.74) is 8.57. The second-order valence-electron chi connectivity index (χ2n) is 5.46. The van der Waals surface area contributed by atoms with E-state index in [4.69, 9.17) is 10.3 Å². The lowest BCUT2D eigenvalue weighted by molar-refractivity contribution is -0.152. The molecule has 1 fully saturated rings. The molecule has 0 bridgehead atoms. The molecule has 0 radical (unpaired) electrons. The SMILES string of the molecule is CC(=[N+]=[N-])C(=O)O[C@@H]1C[C@H](C)CC[C@H]1C(C)C. The first kappa shape index (κ1) is 13.9. The van der Waals surface area contributed by atoms with Crippen LogP contribution in [0.2, 0.25) is 0 Å². The van der Waals surface area contributed by atoms with Crippen LogP contribution in [0.4, 0.5) is 0 Å². The molecule has 0 aromatic heterocycles. The van der Waals surface area contributed by atoms with E-state index in [-0.39, 0.29) is 11.8 Å². The Hall–Kier alpha value is -1.15. The fourth-order valence-corrected chi connectivity index (χ4v) is 2.51. The van der Waals surface area contributed by atoms with Crippen molar-refractivity contribution < 1.29 is 14.3 Å². The first-order chi connectivity index (χ1) is 7.95. The van der Waals surface area contributed by atoms with Gasteiger partial charge in [-0.1, -0.05) is 27.2 Å². The van der Waals surface area contributed by atoms with Crippen molar-refractivity contribution in [3.63, 3.8) is 0 Å². The van der Waals surface area contributed by atoms with E-state index in [1.54, 1.807) is 0 Å². The van der Waals surface area contributed by atoms with Crippen LogP contribution in [0, 0.1) is 17.8 Å². The molecule has 1 saturated carbocycles. The third kappa shape index (κ3) is 3.67. The Labute approximate surface area is 103 Å². The molecule has 17 heavy (non-hydrogen) atoms. The van der Waals surface area contributed by atoms with E-state index < -0.39 is 5.97 Å². The van der Waals surface area contributed by atoms with Gasteiger partial charge >= 0.3 is 11.7 Å². The molecular weight excluding hydrogens is 216 g/mol. The molecule has 4 nitrogen and oxygen atoms in total. The van der Waals surface area contributed by atoms with Gasteiger partial charge in [0.2, 0.25) is 0 Å². The molecule has 1 rings (SSSR count). The van der Waals surface area contributed by atoms with Crippen LogP contribution in [0.3, 0.4) is 0 Å². The molecule has 0 unspecified atom stereocenters. The van der Waals surface area contributed by atoms with Crippen LogP contribution >= 0.6 is 0 Å². The Morgan fingerprint density at radius 2 is 2.06 bits per heavy atom. The smallest absolute Gasteiger partial charge is 0.416 e. The van der Waals surface area contributed by atoms with Gasteiger partial charge < -0.3 is 10.3 Å². The maximum Gasteiger partial charge on any atom is 0.416 e. The van der Waals surface area contributed by atoms with Gasteiger partial charge in [-0.25, -0.2) is 4.79 Å². The number of carbonyl (C=O) groups is 1. The Morgan fingerprint density at radius 3 is 2.59 bits per heavy atom. The quantitative estimate of drug-likeness (QED) is 0.328. The highest BCUT2D eigenvalue weighted by Crippen LogP contribution is 2.35. The summed E-state index contributed by atoms with van der Waals surface area (Å²) >= 11 is 0. The van der Waals surface area contributed by atoms with E-state index in [9.17, 15) is 4.79 Å². The number of carbonyl (C=O) groups excluding carboxylic acids is 1. The van der Waals surface area contributed by atoms with Crippen molar-refractivity contribution in [2.75, 3.05) is 0 Å². The number of esters is 1. The van der Waals surface area contributed by atoms with E-state index in [1.807, 2.05) is 0 Å². The Kier molecular flexibility index (Phi) is 4.88. The number of ether oxygens (including phenoxy) is 1. The van der Waals surface area contributed by atoms with Gasteiger partial charge in [-0.2, -0.15) is 4.79 Å². The molecule has 0 amide bonds. The molecule has 3 atom stereocenters. The van der Waals surface area contributed by atoms with Gasteiger partial charge in [0.15, 0.2) is 0 Å². The topological polar surface area (TPSA) is 62.7 Å². The molecule has 1 aliphatic rings. The number of nitrogens with zero attached hydrogens (tertiary/aromatic N) is 2. The van der Waals surface area contributed by atoms with Crippen molar-refractivity contribution in [1.29, 1.82) is 0 Å². The molecule has 0 aromatic carbocycles. The van der Waals surface area contributed by atoms with Gasteiger partial charge in [-0.05, 0) is 30.6 Å². The van der Waals surface area contributed by atoms with E-state index in [0.717, 1.165) is 12.8 Å². The lowest BCUT2D eigenvalue weighted by Gasteiger charge is -2.36. The average Bonchev–Trinajstić information content (AvgIpc) is 2.27. The maximum absolute atomic E-state index is 11.6. The highest BCUT2D eigenvalue weighted by molar-refractivity contribution is 6.32. The maximum atomic E-state index is 11.6. The summed E-state index contributed by atoms with van der Waals surface area (Å²) in [5.74, 6) is 1.01. The predicted molar refractivity (Wildman–Crippen MR) is 65.5 cm³/mol. The van der Waals surface area contributed by atoms with Gasteiger partial charge in [0.1, 0.15) is 6.10 Å². The van der Waals surface area contributed by atoms with Crippen molar-refractivity contribution in [1.82, 2.24) is 0 Å². The molecule has 0 N–H and O–H groups in total. The van der Waals surface area contributed by atoms with Crippen molar-refractivity contribution in [3.05, 3.63) is 5.53 Å². The summed E-state index contributed by atoms with van der Waals surface area (Å²) in [7, 11) is 0. The minimum Gasteiger partial charge on any atom is -0.454 e. The van der Waals surface area contributed by atoms with Crippen LogP contribution in [0.1, 0.15) is 47.0 Å². The molecule has 1 aliphatic carbocycles. The Balaban J connectivity index is 2.70. The molecule has 4 heteroatoms. The second-order valence-corrected chi connectivity index (χ2v) is 5.46. The van der Waals surface area contributed by atoms with E-state index >= 15 is 0 Å². The Morgan fingerprint density at radius 1 is 1.41 bits per heavy atom. The van der Waals surface area contributed by atoms with Crippen molar-refractivity contribution in [2.45, 2.75) is 53.1 Å². The summed E-state index contributed by atoms with van der Waals surface area (Å²) in [6, 6.07) is 0. The van der Waals surface area contributed by atoms with Crippen LogP contribution in [0.15, 0.2) is 0 Å². The number of hydrogen-bond acceptors (Lipinski definition) is 2. The highest BCUT2D eigenvalue weighted by Gasteiger charge is 2.34. The third-order valence-electron chi connectivity index (χ3n) is 3.67. The Bertz CT molecular complexity index is 332. The minimum absolute atomic E-state index is 0.0192. The molecule has 0 spiro atoms. The van der Waals surface area contributed by atoms with Crippen LogP contribution in [-0.2, 0) is 9.53 Å². The highest BCUT2D eigenvalue weighted by atomic mass is 16.5. The standard InChI is InChI=1S/C13H22N2O2/c1-8(2)11-6-5-9(3)7-12(11)17-13(16)10(4)15-14/h8-9,11-12H,5-7H2,1-4H3/t9-,11+,12-/m1/s1. The first-order valence-corrected chi connectivity index (χ1v) is 6.35. The molecule has 96 valence electrons. The summed E-state index contributed by atoms with van der Waals surface area (Å²) in [6.45, 7) is 7.96. The summed E-state index contributed by atoms with van der Waals surface area (Å²) < 4.78 is 5.46. The predicted octanol–water partition coefficient (Wildman–Crippen LogP) is 2.68. The van der Waals surface area contributed by atoms with Crippen LogP contribution in [0.5, 0.6) is 0 Å². The van der Waals surface area contributed by atoms with Gasteiger partial charge in [-0.15, -0.1) is 0 Å². The van der Waals surface area contributed by atoms with E-state index in [1.165, 1.54) is 13.3 Å². The van der Waals surface area contributed by atoms with Gasteiger partial charge in [-0.3, -0.25) is 0 Å². The summed E-state index contributed by atoms with van der Waals surface area (Å²) in [6.07, 6.45) is 3.17. The second kappa shape index (κ2) is 5.97. The lowest BCUT2D eigenvalue weighted by Crippen LogP contribution is -2.37. The fraction of sp³-hybridized carbons (Fsp3) is 0.846. The average molecular weight is 238 g/mol. The first-order valence-electron chi connectivity index (χ1n) is 6.35. The van der Waals surface area contributed by atoms with Gasteiger partial charge in [0, 0.05) is 6.92 Å². The van der Waals surface area contributed by atoms with Crippen LogP contribution in [0.25, 0.3) is 5.53 Å². The third-order valence-corrected chi connectivity index (χ3v) is 3.67. The summed E-state index contributed by atoms with van der Waals surface area (Å²) in [4.78, 5) is 14.5. The molecule has 0 aliphatic heterocycles. The summed E-state index contributed by atoms with van der Waals surface area (Å²) in [5, 5.41) is 0. The van der Waals surface area contributed by atoms with Crippen molar-refractivity contribution in [2.24, 2.45) is 17.8 Å². The molecule has 0 aromatic rings. The van der Waals surface area contributed by atoms with Gasteiger partial charge in [0.25, 0.3) is 0 Å². The lowest BCUT2D eigenvalue weighted by atomic mass is 9.75. The normalized spacial score (nSPS) is 28.6. The minimum atomic E-state index is -0.503. The van der Waals surface area contributed by atoms with Crippen molar-refractivity contribution >= 4 is 11.7 Å². The number of hydrogen-bond donors (Lipinski definition) is 0. The fourth-order valence-electron chi connectivity index (χ4n) is 2.51. The largest absolute Gasteiger partial charge is 0.454 e. The van der Waals surface area contributed by atoms with E-state index in [2.05, 4.69) is 25.6 Å². The van der Waals surface area contributed by atoms with Crippen LogP contribution in [-0.4, -0.2) is 22.6 Å². The van der Waals surface area contributed by atoms with Crippen LogP contribution < -0.4 is 0 Å². The number of rotatable bonds is 3. The van der Waals surface area contributed by atoms with Gasteiger partial charge in [0.05, 0.1) is 0 Å². The zero-order valence-electron chi connectivity index (χ0n) is 11.1. The zero-order valence-corrected chi connectivity index (χ0v) is 11.1. The monoisotopic (exact) mass is 238 g/mol. The molecule has 0 saturated heterocycles. The molecular formula is C13H22N2O2.